The maximum Gasteiger partial charge on any atom is 0.257 e. The lowest BCUT2D eigenvalue weighted by molar-refractivity contribution is -0.134. The molecule has 1 saturated carbocycles. The second-order valence-electron chi connectivity index (χ2n) is 9.37. The average Bonchev–Trinajstić information content (AvgIpc) is 3.69. The number of amides is 2. The summed E-state index contributed by atoms with van der Waals surface area (Å²) >= 11 is 0. The van der Waals surface area contributed by atoms with Crippen LogP contribution in [-0.4, -0.2) is 65.9 Å². The lowest BCUT2D eigenvalue weighted by atomic mass is 9.93. The zero-order valence-corrected chi connectivity index (χ0v) is 18.7. The number of piperazine rings is 1. The highest BCUT2D eigenvalue weighted by atomic mass is 19.1. The van der Waals surface area contributed by atoms with Crippen LogP contribution in [-0.2, 0) is 4.79 Å². The fraction of sp³-hybridized carbons (Fsp3) is 0.520. The summed E-state index contributed by atoms with van der Waals surface area (Å²) in [6.07, 6.45) is 5.83. The molecule has 3 heterocycles. The van der Waals surface area contributed by atoms with Gasteiger partial charge in [-0.3, -0.25) is 14.6 Å². The molecule has 33 heavy (non-hydrogen) atoms. The van der Waals surface area contributed by atoms with Crippen molar-refractivity contribution in [2.24, 2.45) is 11.8 Å². The molecule has 0 bridgehead atoms. The molecule has 1 aromatic carbocycles. The van der Waals surface area contributed by atoms with E-state index < -0.39 is 0 Å². The van der Waals surface area contributed by atoms with E-state index in [1.807, 2.05) is 4.90 Å². The molecule has 3 fully saturated rings. The Hall–Kier alpha value is -3.21. The first-order valence-corrected chi connectivity index (χ1v) is 11.8. The molecule has 0 spiro atoms. The van der Waals surface area contributed by atoms with Gasteiger partial charge in [0.15, 0.2) is 0 Å². The number of pyridine rings is 1. The van der Waals surface area contributed by atoms with Gasteiger partial charge in [-0.15, -0.1) is 0 Å². The van der Waals surface area contributed by atoms with Crippen molar-refractivity contribution in [2.45, 2.75) is 32.1 Å². The van der Waals surface area contributed by atoms with Crippen molar-refractivity contribution in [1.82, 2.24) is 14.8 Å². The molecular weight excluding hydrogens is 421 g/mol. The van der Waals surface area contributed by atoms with Gasteiger partial charge in [0, 0.05) is 63.2 Å². The van der Waals surface area contributed by atoms with Crippen LogP contribution in [0.1, 0.15) is 42.5 Å². The fourth-order valence-electron chi connectivity index (χ4n) is 5.03. The Morgan fingerprint density at radius 3 is 2.39 bits per heavy atom. The summed E-state index contributed by atoms with van der Waals surface area (Å²) < 4.78 is 14.2. The Kier molecular flexibility index (Phi) is 5.88. The largest absolute Gasteiger partial charge is 0.370 e. The van der Waals surface area contributed by atoms with E-state index in [-0.39, 0.29) is 23.5 Å². The lowest BCUT2D eigenvalue weighted by Gasteiger charge is -2.37. The molecule has 8 heteroatoms. The molecular formula is C25H28FN5O2. The predicted molar refractivity (Wildman–Crippen MR) is 122 cm³/mol. The molecule has 1 aromatic heterocycles. The minimum Gasteiger partial charge on any atom is -0.370 e. The standard InChI is InChI=1S/C25H28FN5O2/c26-19-3-4-22-20(15-19)23(29-9-6-17(5-8-27)7-10-29)21(16-28-22)25(33)31-13-11-30(12-14-31)24(32)18-1-2-18/h3-4,15-18H,1-2,5-7,9-14H2. The SMILES string of the molecule is N#CCC1CCN(c2c(C(=O)N3CCN(C(=O)C4CC4)CC3)cnc3ccc(F)cc23)CC1. The molecule has 2 aromatic rings. The number of halogens is 1. The number of nitriles is 1. The van der Waals surface area contributed by atoms with Gasteiger partial charge in [-0.2, -0.15) is 5.26 Å². The quantitative estimate of drug-likeness (QED) is 0.716. The number of hydrogen-bond acceptors (Lipinski definition) is 5. The van der Waals surface area contributed by atoms with Crippen LogP contribution in [0.2, 0.25) is 0 Å². The van der Waals surface area contributed by atoms with Crippen molar-refractivity contribution in [2.75, 3.05) is 44.2 Å². The monoisotopic (exact) mass is 449 g/mol. The summed E-state index contributed by atoms with van der Waals surface area (Å²) in [6, 6.07) is 6.75. The molecule has 0 N–H and O–H groups in total. The van der Waals surface area contributed by atoms with Gasteiger partial charge < -0.3 is 14.7 Å². The Morgan fingerprint density at radius 1 is 1.03 bits per heavy atom. The zero-order chi connectivity index (χ0) is 22.9. The highest BCUT2D eigenvalue weighted by Crippen LogP contribution is 2.35. The summed E-state index contributed by atoms with van der Waals surface area (Å²) in [4.78, 5) is 36.2. The molecule has 0 atom stereocenters. The van der Waals surface area contributed by atoms with Crippen LogP contribution in [0, 0.1) is 29.0 Å². The van der Waals surface area contributed by atoms with Gasteiger partial charge in [0.25, 0.3) is 5.91 Å². The van der Waals surface area contributed by atoms with Gasteiger partial charge in [0.1, 0.15) is 5.82 Å². The normalized spacial score (nSPS) is 19.6. The highest BCUT2D eigenvalue weighted by molar-refractivity contribution is 6.07. The van der Waals surface area contributed by atoms with Crippen molar-refractivity contribution in [3.05, 3.63) is 35.8 Å². The number of piperidine rings is 1. The molecule has 5 rings (SSSR count). The van der Waals surface area contributed by atoms with Crippen LogP contribution >= 0.6 is 0 Å². The van der Waals surface area contributed by atoms with Crippen LogP contribution in [0.25, 0.3) is 10.9 Å². The van der Waals surface area contributed by atoms with E-state index in [2.05, 4.69) is 16.0 Å². The van der Waals surface area contributed by atoms with E-state index >= 15 is 0 Å². The first kappa shape index (κ1) is 21.6. The first-order valence-electron chi connectivity index (χ1n) is 11.8. The Balaban J connectivity index is 1.41. The number of benzene rings is 1. The highest BCUT2D eigenvalue weighted by Gasteiger charge is 2.36. The van der Waals surface area contributed by atoms with Crippen molar-refractivity contribution in [3.8, 4) is 6.07 Å². The molecule has 3 aliphatic rings. The molecule has 7 nitrogen and oxygen atoms in total. The predicted octanol–water partition coefficient (Wildman–Crippen LogP) is 3.20. The van der Waals surface area contributed by atoms with Gasteiger partial charge in [0.2, 0.25) is 5.91 Å². The van der Waals surface area contributed by atoms with Crippen LogP contribution in [0.3, 0.4) is 0 Å². The average molecular weight is 450 g/mol. The number of aromatic nitrogens is 1. The second kappa shape index (κ2) is 8.97. The molecule has 0 radical (unpaired) electrons. The smallest absolute Gasteiger partial charge is 0.257 e. The van der Waals surface area contributed by atoms with Crippen LogP contribution in [0.5, 0.6) is 0 Å². The van der Waals surface area contributed by atoms with Crippen LogP contribution in [0.15, 0.2) is 24.4 Å². The van der Waals surface area contributed by atoms with Crippen LogP contribution < -0.4 is 4.90 Å². The van der Waals surface area contributed by atoms with Gasteiger partial charge in [-0.25, -0.2) is 4.39 Å². The maximum atomic E-state index is 14.2. The summed E-state index contributed by atoms with van der Waals surface area (Å²) in [5.74, 6) is 0.267. The molecule has 172 valence electrons. The van der Waals surface area contributed by atoms with Gasteiger partial charge in [-0.1, -0.05) is 0 Å². The minimum atomic E-state index is -0.360. The third kappa shape index (κ3) is 4.37. The first-order chi connectivity index (χ1) is 16.0. The molecule has 1 aliphatic carbocycles. The van der Waals surface area contributed by atoms with E-state index in [1.165, 1.54) is 12.1 Å². The number of fused-ring (bicyclic) bond motifs is 1. The van der Waals surface area contributed by atoms with Gasteiger partial charge in [-0.05, 0) is 49.8 Å². The van der Waals surface area contributed by atoms with E-state index in [9.17, 15) is 14.0 Å². The number of carbonyl (C=O) groups is 2. The Bertz CT molecular complexity index is 1110. The molecule has 2 amide bonds. The van der Waals surface area contributed by atoms with Crippen molar-refractivity contribution in [1.29, 1.82) is 5.26 Å². The maximum absolute atomic E-state index is 14.2. The number of carbonyl (C=O) groups excluding carboxylic acids is 2. The number of rotatable bonds is 4. The third-order valence-corrected chi connectivity index (χ3v) is 7.15. The third-order valence-electron chi connectivity index (χ3n) is 7.15. The number of anilines is 1. The lowest BCUT2D eigenvalue weighted by Crippen LogP contribution is -2.51. The van der Waals surface area contributed by atoms with Gasteiger partial charge in [0.05, 0.1) is 22.8 Å². The summed E-state index contributed by atoms with van der Waals surface area (Å²) in [6.45, 7) is 3.50. The van der Waals surface area contributed by atoms with Crippen LogP contribution in [0.4, 0.5) is 10.1 Å². The second-order valence-corrected chi connectivity index (χ2v) is 9.37. The van der Waals surface area contributed by atoms with Crippen molar-refractivity contribution >= 4 is 28.4 Å². The summed E-state index contributed by atoms with van der Waals surface area (Å²) in [7, 11) is 0. The zero-order valence-electron chi connectivity index (χ0n) is 18.7. The minimum absolute atomic E-state index is 0.124. The number of nitrogens with zero attached hydrogens (tertiary/aromatic N) is 5. The number of hydrogen-bond donors (Lipinski definition) is 0. The molecule has 2 aliphatic heterocycles. The van der Waals surface area contributed by atoms with E-state index in [4.69, 9.17) is 5.26 Å². The fourth-order valence-corrected chi connectivity index (χ4v) is 5.03. The van der Waals surface area contributed by atoms with E-state index in [1.54, 1.807) is 17.2 Å². The van der Waals surface area contributed by atoms with Crippen molar-refractivity contribution in [3.63, 3.8) is 0 Å². The van der Waals surface area contributed by atoms with Gasteiger partial charge >= 0.3 is 0 Å². The summed E-state index contributed by atoms with van der Waals surface area (Å²) in [5.41, 5.74) is 1.87. The van der Waals surface area contributed by atoms with E-state index in [0.717, 1.165) is 31.4 Å². The Morgan fingerprint density at radius 2 is 1.73 bits per heavy atom. The van der Waals surface area contributed by atoms with E-state index in [0.29, 0.717) is 68.1 Å². The van der Waals surface area contributed by atoms with Crippen molar-refractivity contribution < 1.29 is 14.0 Å². The Labute approximate surface area is 192 Å². The summed E-state index contributed by atoms with van der Waals surface area (Å²) in [5, 5.41) is 9.67. The molecule has 2 saturated heterocycles. The topological polar surface area (TPSA) is 80.5 Å². The molecule has 0 unspecified atom stereocenters.